The van der Waals surface area contributed by atoms with E-state index in [9.17, 15) is 0 Å². The molecule has 0 spiro atoms. The number of benzene rings is 1. The molecule has 2 nitrogen and oxygen atoms in total. The molecule has 0 amide bonds. The van der Waals surface area contributed by atoms with Gasteiger partial charge in [-0.1, -0.05) is 24.3 Å². The second-order valence-corrected chi connectivity index (χ2v) is 6.31. The zero-order chi connectivity index (χ0) is 13.5. The Kier molecular flexibility index (Phi) is 2.88. The van der Waals surface area contributed by atoms with Gasteiger partial charge >= 0.3 is 0 Å². The monoisotopic (exact) mass is 326 g/mol. The number of nitrogens with zero attached hydrogens (tertiary/aromatic N) is 1. The molecule has 0 bridgehead atoms. The van der Waals surface area contributed by atoms with E-state index in [0.29, 0.717) is 17.9 Å². The second kappa shape index (κ2) is 4.74. The summed E-state index contributed by atoms with van der Waals surface area (Å²) >= 11 is 3.68. The molecule has 3 heteroatoms. The Morgan fingerprint density at radius 1 is 1.15 bits per heavy atom. The first kappa shape index (κ1) is 12.2. The maximum Gasteiger partial charge on any atom is 0.0555 e. The number of rotatable bonds is 1. The molecule has 0 fully saturated rings. The number of hydrogen-bond donors (Lipinski definition) is 1. The van der Waals surface area contributed by atoms with Crippen LogP contribution in [-0.4, -0.2) is 4.98 Å². The van der Waals surface area contributed by atoms with Gasteiger partial charge in [0.2, 0.25) is 0 Å². The molecule has 2 heterocycles. The van der Waals surface area contributed by atoms with Crippen molar-refractivity contribution in [3.8, 4) is 0 Å². The average Bonchev–Trinajstić information content (AvgIpc) is 2.97. The smallest absolute Gasteiger partial charge is 0.0555 e. The molecule has 3 atom stereocenters. The Morgan fingerprint density at radius 2 is 2.00 bits per heavy atom. The van der Waals surface area contributed by atoms with Gasteiger partial charge in [0.05, 0.1) is 11.7 Å². The van der Waals surface area contributed by atoms with Gasteiger partial charge in [0.15, 0.2) is 0 Å². The van der Waals surface area contributed by atoms with Gasteiger partial charge in [0.25, 0.3) is 0 Å². The molecule has 0 radical (unpaired) electrons. The highest BCUT2D eigenvalue weighted by molar-refractivity contribution is 9.10. The van der Waals surface area contributed by atoms with Crippen molar-refractivity contribution in [2.45, 2.75) is 18.4 Å². The molecule has 1 N–H and O–H groups in total. The van der Waals surface area contributed by atoms with Crippen LogP contribution >= 0.6 is 15.9 Å². The largest absolute Gasteiger partial charge is 0.377 e. The predicted octanol–water partition coefficient (Wildman–Crippen LogP) is 4.67. The Hall–Kier alpha value is -1.61. The van der Waals surface area contributed by atoms with Gasteiger partial charge in [-0.15, -0.1) is 0 Å². The molecular formula is C17H15BrN2. The molecule has 1 aromatic heterocycles. The van der Waals surface area contributed by atoms with Crippen LogP contribution in [0.3, 0.4) is 0 Å². The minimum absolute atomic E-state index is 0.351. The van der Waals surface area contributed by atoms with E-state index in [4.69, 9.17) is 0 Å². The Bertz CT molecular complexity index is 666. The number of hydrogen-bond acceptors (Lipinski definition) is 2. The number of para-hydroxylation sites is 1. The van der Waals surface area contributed by atoms with Crippen molar-refractivity contribution in [1.82, 2.24) is 4.98 Å². The van der Waals surface area contributed by atoms with E-state index in [0.717, 1.165) is 10.9 Å². The number of allylic oxidation sites excluding steroid dienone is 2. The van der Waals surface area contributed by atoms with Crippen LogP contribution in [0.1, 0.15) is 29.5 Å². The number of fused-ring (bicyclic) bond motifs is 3. The fraction of sp³-hybridized carbons (Fsp3) is 0.235. The lowest BCUT2D eigenvalue weighted by Gasteiger charge is -2.38. The molecule has 1 aliphatic heterocycles. The van der Waals surface area contributed by atoms with Crippen LogP contribution in [-0.2, 0) is 0 Å². The van der Waals surface area contributed by atoms with E-state index in [1.54, 1.807) is 0 Å². The van der Waals surface area contributed by atoms with Crippen LogP contribution in [0.5, 0.6) is 0 Å². The Morgan fingerprint density at radius 3 is 2.85 bits per heavy atom. The van der Waals surface area contributed by atoms with Crippen LogP contribution < -0.4 is 5.32 Å². The van der Waals surface area contributed by atoms with E-state index >= 15 is 0 Å². The van der Waals surface area contributed by atoms with Crippen molar-refractivity contribution in [2.75, 3.05) is 5.32 Å². The fourth-order valence-electron chi connectivity index (χ4n) is 3.48. The first-order valence-corrected chi connectivity index (χ1v) is 7.75. The molecule has 0 saturated heterocycles. The van der Waals surface area contributed by atoms with Crippen molar-refractivity contribution >= 4 is 21.6 Å². The highest BCUT2D eigenvalue weighted by Gasteiger charge is 2.38. The minimum atomic E-state index is 0.351. The summed E-state index contributed by atoms with van der Waals surface area (Å²) in [4.78, 5) is 4.13. The molecule has 20 heavy (non-hydrogen) atoms. The van der Waals surface area contributed by atoms with E-state index < -0.39 is 0 Å². The average molecular weight is 327 g/mol. The van der Waals surface area contributed by atoms with E-state index in [2.05, 4.69) is 68.7 Å². The van der Waals surface area contributed by atoms with Gasteiger partial charge in [-0.25, -0.2) is 0 Å². The summed E-state index contributed by atoms with van der Waals surface area (Å²) in [6.45, 7) is 0. The summed E-state index contributed by atoms with van der Waals surface area (Å²) < 4.78 is 1.15. The van der Waals surface area contributed by atoms with Gasteiger partial charge in [-0.2, -0.15) is 0 Å². The lowest BCUT2D eigenvalue weighted by Crippen LogP contribution is -2.29. The summed E-state index contributed by atoms with van der Waals surface area (Å²) in [6, 6.07) is 11.1. The van der Waals surface area contributed by atoms with Crippen LogP contribution in [0.2, 0.25) is 0 Å². The summed E-state index contributed by atoms with van der Waals surface area (Å²) in [5.74, 6) is 1.11. The van der Waals surface area contributed by atoms with E-state index in [1.165, 1.54) is 16.8 Å². The standard InChI is InChI=1S/C17H15BrN2/c18-15-6-2-5-14-12-3-1-4-13(12)16(20-17(14)15)11-7-9-19-10-8-11/h1-3,5-10,12-13,16,20H,4H2. The fourth-order valence-corrected chi connectivity index (χ4v) is 3.98. The summed E-state index contributed by atoms with van der Waals surface area (Å²) in [5.41, 5.74) is 3.96. The number of pyridine rings is 1. The van der Waals surface area contributed by atoms with Crippen molar-refractivity contribution in [3.05, 3.63) is 70.5 Å². The Balaban J connectivity index is 1.83. The molecule has 0 saturated carbocycles. The third kappa shape index (κ3) is 1.80. The van der Waals surface area contributed by atoms with E-state index in [1.807, 2.05) is 12.4 Å². The molecule has 1 aromatic carbocycles. The molecule has 2 aliphatic rings. The maximum atomic E-state index is 4.13. The number of aromatic nitrogens is 1. The topological polar surface area (TPSA) is 24.9 Å². The number of anilines is 1. The quantitative estimate of drug-likeness (QED) is 0.770. The third-order valence-electron chi connectivity index (χ3n) is 4.41. The normalized spacial score (nSPS) is 26.8. The van der Waals surface area contributed by atoms with Crippen molar-refractivity contribution in [1.29, 1.82) is 0 Å². The Labute approximate surface area is 127 Å². The second-order valence-electron chi connectivity index (χ2n) is 5.46. The summed E-state index contributed by atoms with van der Waals surface area (Å²) in [5, 5.41) is 3.74. The minimum Gasteiger partial charge on any atom is -0.377 e. The molecular weight excluding hydrogens is 312 g/mol. The van der Waals surface area contributed by atoms with Gasteiger partial charge in [0.1, 0.15) is 0 Å². The van der Waals surface area contributed by atoms with E-state index in [-0.39, 0.29) is 0 Å². The summed E-state index contributed by atoms with van der Waals surface area (Å²) in [7, 11) is 0. The van der Waals surface area contributed by atoms with Crippen LogP contribution in [0.4, 0.5) is 5.69 Å². The highest BCUT2D eigenvalue weighted by Crippen LogP contribution is 2.51. The van der Waals surface area contributed by atoms with Crippen LogP contribution in [0.15, 0.2) is 59.4 Å². The van der Waals surface area contributed by atoms with Crippen LogP contribution in [0.25, 0.3) is 0 Å². The maximum absolute atomic E-state index is 4.13. The van der Waals surface area contributed by atoms with Crippen molar-refractivity contribution in [2.24, 2.45) is 5.92 Å². The lowest BCUT2D eigenvalue weighted by molar-refractivity contribution is 0.425. The zero-order valence-electron chi connectivity index (χ0n) is 11.0. The van der Waals surface area contributed by atoms with Crippen molar-refractivity contribution < 1.29 is 0 Å². The van der Waals surface area contributed by atoms with Gasteiger partial charge in [0, 0.05) is 22.8 Å². The first-order chi connectivity index (χ1) is 9.84. The SMILES string of the molecule is Brc1cccc2c1NC(c1ccncc1)C1CC=CC21. The molecule has 3 unspecified atom stereocenters. The van der Waals surface area contributed by atoms with Gasteiger partial charge < -0.3 is 5.32 Å². The van der Waals surface area contributed by atoms with Gasteiger partial charge in [-0.05, 0) is 57.6 Å². The van der Waals surface area contributed by atoms with Gasteiger partial charge in [-0.3, -0.25) is 4.98 Å². The predicted molar refractivity (Wildman–Crippen MR) is 84.7 cm³/mol. The van der Waals surface area contributed by atoms with Crippen molar-refractivity contribution in [3.63, 3.8) is 0 Å². The molecule has 100 valence electrons. The highest BCUT2D eigenvalue weighted by atomic mass is 79.9. The number of halogens is 1. The zero-order valence-corrected chi connectivity index (χ0v) is 12.5. The lowest BCUT2D eigenvalue weighted by atomic mass is 9.77. The molecule has 2 aromatic rings. The van der Waals surface area contributed by atoms with Crippen LogP contribution in [0, 0.1) is 5.92 Å². The molecule has 4 rings (SSSR count). The first-order valence-electron chi connectivity index (χ1n) is 6.96. The number of nitrogens with one attached hydrogen (secondary N) is 1. The third-order valence-corrected chi connectivity index (χ3v) is 5.07. The molecule has 1 aliphatic carbocycles. The summed E-state index contributed by atoms with van der Waals surface area (Å²) in [6.07, 6.45) is 9.58.